The van der Waals surface area contributed by atoms with Crippen molar-refractivity contribution in [3.63, 3.8) is 0 Å². The van der Waals surface area contributed by atoms with Gasteiger partial charge in [0, 0.05) is 5.56 Å². The summed E-state index contributed by atoms with van der Waals surface area (Å²) in [6.45, 7) is 1.42. The molecule has 7 heteroatoms. The predicted octanol–water partition coefficient (Wildman–Crippen LogP) is 0.122. The van der Waals surface area contributed by atoms with Gasteiger partial charge in [-0.2, -0.15) is 0 Å². The Morgan fingerprint density at radius 3 is 2.00 bits per heavy atom. The van der Waals surface area contributed by atoms with Crippen LogP contribution >= 0.6 is 0 Å². The fourth-order valence-corrected chi connectivity index (χ4v) is 1.26. The van der Waals surface area contributed by atoms with Crippen molar-refractivity contribution in [1.82, 2.24) is 0 Å². The number of ketones is 2. The van der Waals surface area contributed by atoms with Crippen LogP contribution in [0.15, 0.2) is 30.3 Å². The molecule has 5 N–H and O–H groups in total. The summed E-state index contributed by atoms with van der Waals surface area (Å²) in [5.41, 5.74) is 10.2. The normalized spacial score (nSPS) is 10.8. The van der Waals surface area contributed by atoms with Gasteiger partial charge >= 0.3 is 5.97 Å². The van der Waals surface area contributed by atoms with Crippen molar-refractivity contribution in [1.29, 1.82) is 0 Å². The quantitative estimate of drug-likeness (QED) is 0.502. The Labute approximate surface area is 121 Å². The minimum absolute atomic E-state index is 0.00398. The van der Waals surface area contributed by atoms with E-state index in [1.165, 1.54) is 6.92 Å². The average Bonchev–Trinajstić information content (AvgIpc) is 2.38. The second kappa shape index (κ2) is 9.38. The van der Waals surface area contributed by atoms with E-state index in [4.69, 9.17) is 10.8 Å². The third-order valence-electron chi connectivity index (χ3n) is 2.24. The first-order valence-electron chi connectivity index (χ1n) is 6.08. The van der Waals surface area contributed by atoms with Gasteiger partial charge in [-0.1, -0.05) is 30.3 Å². The molecule has 0 aromatic heterocycles. The van der Waals surface area contributed by atoms with Gasteiger partial charge in [-0.05, 0) is 6.92 Å². The number of amides is 1. The number of carbonyl (C=O) groups excluding carboxylic acids is 3. The molecule has 0 saturated heterocycles. The molecule has 0 heterocycles. The lowest BCUT2D eigenvalue weighted by atomic mass is 10.1. The van der Waals surface area contributed by atoms with E-state index in [9.17, 15) is 19.2 Å². The van der Waals surface area contributed by atoms with Crippen molar-refractivity contribution >= 4 is 23.4 Å². The van der Waals surface area contributed by atoms with Crippen LogP contribution in [0, 0.1) is 0 Å². The van der Waals surface area contributed by atoms with Gasteiger partial charge in [-0.25, -0.2) is 0 Å². The van der Waals surface area contributed by atoms with Crippen molar-refractivity contribution in [3.8, 4) is 0 Å². The van der Waals surface area contributed by atoms with E-state index in [-0.39, 0.29) is 24.4 Å². The highest BCUT2D eigenvalue weighted by Crippen LogP contribution is 2.02. The largest absolute Gasteiger partial charge is 0.480 e. The van der Waals surface area contributed by atoms with E-state index in [0.29, 0.717) is 5.56 Å². The van der Waals surface area contributed by atoms with E-state index in [0.717, 1.165) is 0 Å². The maximum atomic E-state index is 11.2. The Bertz CT molecular complexity index is 513. The molecule has 0 spiro atoms. The maximum Gasteiger partial charge on any atom is 0.321 e. The van der Waals surface area contributed by atoms with Gasteiger partial charge in [0.25, 0.3) is 0 Å². The third-order valence-corrected chi connectivity index (χ3v) is 2.24. The van der Waals surface area contributed by atoms with Gasteiger partial charge in [0.15, 0.2) is 5.78 Å². The summed E-state index contributed by atoms with van der Waals surface area (Å²) in [4.78, 5) is 41.7. The minimum Gasteiger partial charge on any atom is -0.480 e. The summed E-state index contributed by atoms with van der Waals surface area (Å²) in [7, 11) is 0. The summed E-state index contributed by atoms with van der Waals surface area (Å²) in [5.74, 6) is -2.12. The number of aliphatic carboxylic acids is 1. The summed E-state index contributed by atoms with van der Waals surface area (Å²) in [5, 5.41) is 8.10. The Kier molecular flexibility index (Phi) is 8.24. The smallest absolute Gasteiger partial charge is 0.321 e. The van der Waals surface area contributed by atoms with E-state index in [1.54, 1.807) is 24.3 Å². The molecule has 1 atom stereocenters. The highest BCUT2D eigenvalue weighted by Gasteiger charge is 2.13. The van der Waals surface area contributed by atoms with Crippen LogP contribution in [0.5, 0.6) is 0 Å². The molecule has 0 aliphatic carbocycles. The lowest BCUT2D eigenvalue weighted by Crippen LogP contribution is -2.34. The minimum atomic E-state index is -1.21. The molecule has 1 rings (SSSR count). The van der Waals surface area contributed by atoms with Crippen LogP contribution in [0.4, 0.5) is 0 Å². The zero-order valence-corrected chi connectivity index (χ0v) is 11.6. The molecule has 0 bridgehead atoms. The van der Waals surface area contributed by atoms with Crippen molar-refractivity contribution in [2.45, 2.75) is 25.8 Å². The first-order valence-corrected chi connectivity index (χ1v) is 6.08. The van der Waals surface area contributed by atoms with Crippen LogP contribution in [0.1, 0.15) is 30.1 Å². The number of carboxylic acid groups (broad SMARTS) is 1. The number of carbonyl (C=O) groups is 4. The molecule has 1 aromatic carbocycles. The number of benzene rings is 1. The summed E-state index contributed by atoms with van der Waals surface area (Å²) in [6.07, 6.45) is -0.306. The summed E-state index contributed by atoms with van der Waals surface area (Å²) >= 11 is 0. The molecule has 0 saturated carbocycles. The summed E-state index contributed by atoms with van der Waals surface area (Å²) in [6, 6.07) is 7.67. The molecule has 0 radical (unpaired) electrons. The lowest BCUT2D eigenvalue weighted by Gasteiger charge is -1.99. The molecule has 0 aliphatic heterocycles. The number of nitrogens with two attached hydrogens (primary N) is 2. The average molecular weight is 294 g/mol. The Morgan fingerprint density at radius 1 is 1.14 bits per heavy atom. The Balaban J connectivity index is 0.000000400. The number of hydrogen-bond acceptors (Lipinski definition) is 5. The predicted molar refractivity (Wildman–Crippen MR) is 75.5 cm³/mol. The van der Waals surface area contributed by atoms with E-state index >= 15 is 0 Å². The van der Waals surface area contributed by atoms with Crippen LogP contribution in [0.2, 0.25) is 0 Å². The summed E-state index contributed by atoms with van der Waals surface area (Å²) < 4.78 is 0. The fourth-order valence-electron chi connectivity index (χ4n) is 1.26. The number of hydrogen-bond donors (Lipinski definition) is 3. The molecular weight excluding hydrogens is 276 g/mol. The standard InChI is InChI=1S/C10H10O2.C4H8N2O3/c1-8(11)7-10(12)9-5-3-2-4-6-9;5-2(4(8)9)1-3(6)7/h2-6H,7H2,1H3;2H,1,5H2,(H2,6,7)(H,8,9). The Hall–Kier alpha value is -2.54. The van der Waals surface area contributed by atoms with Gasteiger partial charge in [0.1, 0.15) is 11.8 Å². The Morgan fingerprint density at radius 2 is 1.67 bits per heavy atom. The molecular formula is C14H18N2O5. The molecule has 21 heavy (non-hydrogen) atoms. The number of rotatable bonds is 6. The van der Waals surface area contributed by atoms with Crippen LogP contribution in [-0.4, -0.2) is 34.6 Å². The SMILES string of the molecule is CC(=O)CC(=O)c1ccccc1.NC(=O)CC(N)C(=O)O. The zero-order valence-electron chi connectivity index (χ0n) is 11.6. The van der Waals surface area contributed by atoms with Gasteiger partial charge in [-0.3, -0.25) is 19.2 Å². The van der Waals surface area contributed by atoms with Crippen LogP contribution in [0.25, 0.3) is 0 Å². The first-order chi connectivity index (χ1) is 9.73. The van der Waals surface area contributed by atoms with Gasteiger partial charge < -0.3 is 16.6 Å². The monoisotopic (exact) mass is 294 g/mol. The van der Waals surface area contributed by atoms with Gasteiger partial charge in [-0.15, -0.1) is 0 Å². The highest BCUT2D eigenvalue weighted by molar-refractivity contribution is 6.07. The van der Waals surface area contributed by atoms with E-state index in [2.05, 4.69) is 5.73 Å². The molecule has 1 unspecified atom stereocenters. The number of carboxylic acids is 1. The zero-order chi connectivity index (χ0) is 16.4. The van der Waals surface area contributed by atoms with Crippen LogP contribution in [-0.2, 0) is 14.4 Å². The molecule has 1 amide bonds. The second-order valence-electron chi connectivity index (χ2n) is 4.28. The molecule has 114 valence electrons. The van der Waals surface area contributed by atoms with Crippen molar-refractivity contribution in [3.05, 3.63) is 35.9 Å². The number of primary amides is 1. The number of Topliss-reactive ketones (excluding diaryl/α,β-unsaturated/α-hetero) is 2. The molecule has 0 aliphatic rings. The molecule has 7 nitrogen and oxygen atoms in total. The van der Waals surface area contributed by atoms with Crippen molar-refractivity contribution < 1.29 is 24.3 Å². The van der Waals surface area contributed by atoms with Crippen molar-refractivity contribution in [2.24, 2.45) is 11.5 Å². The van der Waals surface area contributed by atoms with E-state index in [1.807, 2.05) is 6.07 Å². The van der Waals surface area contributed by atoms with Crippen LogP contribution < -0.4 is 11.5 Å². The van der Waals surface area contributed by atoms with Gasteiger partial charge in [0.2, 0.25) is 5.91 Å². The molecule has 1 aromatic rings. The van der Waals surface area contributed by atoms with Crippen molar-refractivity contribution in [2.75, 3.05) is 0 Å². The highest BCUT2D eigenvalue weighted by atomic mass is 16.4. The fraction of sp³-hybridized carbons (Fsp3) is 0.286. The third kappa shape index (κ3) is 9.06. The topological polar surface area (TPSA) is 141 Å². The lowest BCUT2D eigenvalue weighted by molar-refractivity contribution is -0.140. The van der Waals surface area contributed by atoms with Crippen LogP contribution in [0.3, 0.4) is 0 Å². The maximum absolute atomic E-state index is 11.2. The van der Waals surface area contributed by atoms with E-state index < -0.39 is 17.9 Å². The second-order valence-corrected chi connectivity index (χ2v) is 4.28. The van der Waals surface area contributed by atoms with Gasteiger partial charge in [0.05, 0.1) is 12.8 Å². The first kappa shape index (κ1) is 18.5. The molecule has 0 fully saturated rings.